The normalized spacial score (nSPS) is 12.8. The monoisotopic (exact) mass is 342 g/mol. The highest BCUT2D eigenvalue weighted by molar-refractivity contribution is 4.69. The van der Waals surface area contributed by atoms with E-state index in [4.69, 9.17) is 9.84 Å². The molecule has 0 rings (SSSR count). The number of aliphatic hydroxyl groups excluding tert-OH is 1. The van der Waals surface area contributed by atoms with E-state index in [9.17, 15) is 0 Å². The lowest BCUT2D eigenvalue weighted by molar-refractivity contribution is 0.119. The number of aliphatic hydroxyl groups is 1. The Labute approximate surface area is 152 Å². The average Bonchev–Trinajstić information content (AvgIpc) is 2.50. The first-order valence-corrected chi connectivity index (χ1v) is 10.5. The second kappa shape index (κ2) is 14.1. The van der Waals surface area contributed by atoms with Crippen LogP contribution in [0.15, 0.2) is 0 Å². The number of ether oxygens (including phenoxy) is 1. The molecule has 0 aromatic heterocycles. The lowest BCUT2D eigenvalue weighted by atomic mass is 9.82. The Kier molecular flexibility index (Phi) is 14.1. The van der Waals surface area contributed by atoms with E-state index in [-0.39, 0.29) is 0 Å². The Morgan fingerprint density at radius 3 is 1.54 bits per heavy atom. The van der Waals surface area contributed by atoms with Crippen molar-refractivity contribution in [1.29, 1.82) is 0 Å². The molecule has 0 heterocycles. The molecule has 2 nitrogen and oxygen atoms in total. The average molecular weight is 343 g/mol. The van der Waals surface area contributed by atoms with Crippen LogP contribution in [0.3, 0.4) is 0 Å². The molecule has 24 heavy (non-hydrogen) atoms. The summed E-state index contributed by atoms with van der Waals surface area (Å²) >= 11 is 0. The van der Waals surface area contributed by atoms with Gasteiger partial charge < -0.3 is 9.84 Å². The highest BCUT2D eigenvalue weighted by Gasteiger charge is 2.17. The van der Waals surface area contributed by atoms with Crippen LogP contribution < -0.4 is 0 Å². The second-order valence-corrected chi connectivity index (χ2v) is 9.14. The fraction of sp³-hybridized carbons (Fsp3) is 1.00. The van der Waals surface area contributed by atoms with Crippen molar-refractivity contribution in [2.75, 3.05) is 19.8 Å². The molecule has 0 unspecified atom stereocenters. The molecule has 0 radical (unpaired) electrons. The molecule has 0 saturated heterocycles. The van der Waals surface area contributed by atoms with Crippen LogP contribution in [0.25, 0.3) is 0 Å². The molecule has 2 heteroatoms. The van der Waals surface area contributed by atoms with Gasteiger partial charge in [-0.15, -0.1) is 0 Å². The Bertz CT molecular complexity index is 271. The molecular weight excluding hydrogens is 296 g/mol. The van der Waals surface area contributed by atoms with Crippen LogP contribution in [0.5, 0.6) is 0 Å². The van der Waals surface area contributed by atoms with Gasteiger partial charge in [0.05, 0.1) is 0 Å². The van der Waals surface area contributed by atoms with E-state index < -0.39 is 0 Å². The molecule has 146 valence electrons. The summed E-state index contributed by atoms with van der Waals surface area (Å²) < 4.78 is 5.81. The van der Waals surface area contributed by atoms with Crippen molar-refractivity contribution in [2.45, 2.75) is 112 Å². The molecule has 0 atom stereocenters. The maximum absolute atomic E-state index is 8.82. The third kappa shape index (κ3) is 15.4. The fourth-order valence-electron chi connectivity index (χ4n) is 3.54. The summed E-state index contributed by atoms with van der Waals surface area (Å²) in [7, 11) is 0. The van der Waals surface area contributed by atoms with Gasteiger partial charge in [0.15, 0.2) is 0 Å². The molecule has 0 aromatic carbocycles. The minimum absolute atomic E-state index is 0.341. The maximum atomic E-state index is 8.82. The number of rotatable bonds is 17. The summed E-state index contributed by atoms with van der Waals surface area (Å²) in [4.78, 5) is 0. The van der Waals surface area contributed by atoms with Gasteiger partial charge in [0, 0.05) is 19.8 Å². The van der Waals surface area contributed by atoms with Gasteiger partial charge in [0.1, 0.15) is 0 Å². The van der Waals surface area contributed by atoms with Gasteiger partial charge >= 0.3 is 0 Å². The Balaban J connectivity index is 3.44. The molecule has 0 saturated carbocycles. The van der Waals surface area contributed by atoms with Crippen molar-refractivity contribution in [3.05, 3.63) is 0 Å². The number of hydrogen-bond acceptors (Lipinski definition) is 2. The van der Waals surface area contributed by atoms with E-state index in [1.807, 2.05) is 0 Å². The molecule has 0 amide bonds. The largest absolute Gasteiger partial charge is 0.396 e. The van der Waals surface area contributed by atoms with Crippen molar-refractivity contribution in [1.82, 2.24) is 0 Å². The molecule has 0 aliphatic carbocycles. The molecule has 0 fully saturated rings. The van der Waals surface area contributed by atoms with Crippen LogP contribution in [0.1, 0.15) is 112 Å². The van der Waals surface area contributed by atoms with Gasteiger partial charge in [0.25, 0.3) is 0 Å². The van der Waals surface area contributed by atoms with Crippen LogP contribution in [-0.2, 0) is 4.74 Å². The predicted molar refractivity (Wildman–Crippen MR) is 107 cm³/mol. The van der Waals surface area contributed by atoms with Gasteiger partial charge in [-0.25, -0.2) is 0 Å². The highest BCUT2D eigenvalue weighted by atomic mass is 16.5. The van der Waals surface area contributed by atoms with Gasteiger partial charge in [0.2, 0.25) is 0 Å². The fourth-order valence-corrected chi connectivity index (χ4v) is 3.54. The predicted octanol–water partition coefficient (Wildman–Crippen LogP) is 6.75. The lowest BCUT2D eigenvalue weighted by Gasteiger charge is -2.24. The van der Waals surface area contributed by atoms with Crippen LogP contribution in [-0.4, -0.2) is 24.9 Å². The van der Waals surface area contributed by atoms with Crippen molar-refractivity contribution >= 4 is 0 Å². The summed E-state index contributed by atoms with van der Waals surface area (Å²) in [5, 5.41) is 8.82. The quantitative estimate of drug-likeness (QED) is 0.296. The van der Waals surface area contributed by atoms with Gasteiger partial charge in [-0.2, -0.15) is 0 Å². The van der Waals surface area contributed by atoms with E-state index in [0.717, 1.165) is 26.1 Å². The Morgan fingerprint density at radius 1 is 0.625 bits per heavy atom. The highest BCUT2D eigenvalue weighted by Crippen LogP contribution is 2.30. The SMILES string of the molecule is CCCC(C)(C)CCCCOCCCCC(C)(C)CCCCCO. The molecule has 0 aliphatic heterocycles. The van der Waals surface area contributed by atoms with Gasteiger partial charge in [-0.3, -0.25) is 0 Å². The zero-order chi connectivity index (χ0) is 18.3. The van der Waals surface area contributed by atoms with Crippen molar-refractivity contribution in [3.8, 4) is 0 Å². The van der Waals surface area contributed by atoms with Crippen LogP contribution >= 0.6 is 0 Å². The van der Waals surface area contributed by atoms with E-state index >= 15 is 0 Å². The van der Waals surface area contributed by atoms with Crippen molar-refractivity contribution < 1.29 is 9.84 Å². The second-order valence-electron chi connectivity index (χ2n) is 9.14. The smallest absolute Gasteiger partial charge is 0.0466 e. The summed E-state index contributed by atoms with van der Waals surface area (Å²) in [6, 6.07) is 0. The standard InChI is InChI=1S/C22H46O2/c1-6-14-21(2,3)16-9-12-19-24-20-13-10-17-22(4,5)15-8-7-11-18-23/h23H,6-20H2,1-5H3. The lowest BCUT2D eigenvalue weighted by Crippen LogP contribution is -2.12. The van der Waals surface area contributed by atoms with E-state index in [1.54, 1.807) is 0 Å². The van der Waals surface area contributed by atoms with E-state index in [2.05, 4.69) is 34.6 Å². The third-order valence-electron chi connectivity index (χ3n) is 5.22. The zero-order valence-corrected chi connectivity index (χ0v) is 17.5. The summed E-state index contributed by atoms with van der Waals surface area (Å²) in [5.41, 5.74) is 0.956. The molecule has 0 spiro atoms. The minimum Gasteiger partial charge on any atom is -0.396 e. The summed E-state index contributed by atoms with van der Waals surface area (Å²) in [5.74, 6) is 0. The maximum Gasteiger partial charge on any atom is 0.0466 e. The van der Waals surface area contributed by atoms with E-state index in [1.165, 1.54) is 64.2 Å². The topological polar surface area (TPSA) is 29.5 Å². The van der Waals surface area contributed by atoms with Gasteiger partial charge in [-0.1, -0.05) is 66.7 Å². The van der Waals surface area contributed by atoms with Crippen LogP contribution in [0.4, 0.5) is 0 Å². The Hall–Kier alpha value is -0.0800. The Morgan fingerprint density at radius 2 is 1.08 bits per heavy atom. The molecule has 0 bridgehead atoms. The first-order valence-electron chi connectivity index (χ1n) is 10.5. The summed E-state index contributed by atoms with van der Waals surface area (Å²) in [6.07, 6.45) is 14.9. The van der Waals surface area contributed by atoms with Crippen molar-refractivity contribution in [3.63, 3.8) is 0 Å². The number of unbranched alkanes of at least 4 members (excludes halogenated alkanes) is 4. The first-order chi connectivity index (χ1) is 11.3. The summed E-state index contributed by atoms with van der Waals surface area (Å²) in [6.45, 7) is 14.0. The minimum atomic E-state index is 0.341. The number of hydrogen-bond donors (Lipinski definition) is 1. The third-order valence-corrected chi connectivity index (χ3v) is 5.22. The van der Waals surface area contributed by atoms with Crippen LogP contribution in [0.2, 0.25) is 0 Å². The molecular formula is C22H46O2. The zero-order valence-electron chi connectivity index (χ0n) is 17.5. The van der Waals surface area contributed by atoms with Crippen molar-refractivity contribution in [2.24, 2.45) is 10.8 Å². The van der Waals surface area contributed by atoms with Gasteiger partial charge in [-0.05, 0) is 55.8 Å². The molecule has 0 aromatic rings. The van der Waals surface area contributed by atoms with E-state index in [0.29, 0.717) is 17.4 Å². The molecule has 0 aliphatic rings. The van der Waals surface area contributed by atoms with Crippen LogP contribution in [0, 0.1) is 10.8 Å². The molecule has 1 N–H and O–H groups in total. The first kappa shape index (κ1) is 23.9.